The van der Waals surface area contributed by atoms with Crippen molar-refractivity contribution in [2.24, 2.45) is 0 Å². The Labute approximate surface area is 192 Å². The zero-order valence-corrected chi connectivity index (χ0v) is 19.2. The van der Waals surface area contributed by atoms with Crippen LogP contribution in [0, 0.1) is 6.92 Å². The molecule has 0 spiro atoms. The number of hydrogen-bond acceptors (Lipinski definition) is 5. The number of thioether (sulfide) groups is 1. The fraction of sp³-hybridized carbons (Fsp3) is 0.240. The summed E-state index contributed by atoms with van der Waals surface area (Å²) in [5.41, 5.74) is 4.82. The lowest BCUT2D eigenvalue weighted by atomic mass is 10.1. The van der Waals surface area contributed by atoms with Gasteiger partial charge in [-0.1, -0.05) is 55.1 Å². The maximum Gasteiger partial charge on any atom is 0.247 e. The lowest BCUT2D eigenvalue weighted by Crippen LogP contribution is -2.26. The molecule has 0 aliphatic heterocycles. The number of anilines is 1. The second-order valence-corrected chi connectivity index (χ2v) is 8.40. The van der Waals surface area contributed by atoms with Crippen molar-refractivity contribution in [3.63, 3.8) is 0 Å². The predicted octanol–water partition coefficient (Wildman–Crippen LogP) is 5.63. The molecule has 7 heteroatoms. The highest BCUT2D eigenvalue weighted by Gasteiger charge is 2.25. The second-order valence-electron chi connectivity index (χ2n) is 7.46. The summed E-state index contributed by atoms with van der Waals surface area (Å²) in [5.74, 6) is 1.29. The molecular weight excluding hydrogens is 420 g/mol. The topological polar surface area (TPSA) is 69.0 Å². The molecule has 0 fully saturated rings. The molecule has 0 aliphatic carbocycles. The summed E-state index contributed by atoms with van der Waals surface area (Å²) in [6.07, 6.45) is 4.11. The van der Waals surface area contributed by atoms with Crippen LogP contribution in [0.5, 0.6) is 5.75 Å². The first-order valence-corrected chi connectivity index (χ1v) is 11.5. The molecule has 2 aromatic heterocycles. The van der Waals surface area contributed by atoms with Gasteiger partial charge in [-0.05, 0) is 42.7 Å². The maximum atomic E-state index is 13.4. The molecule has 0 bridgehead atoms. The van der Waals surface area contributed by atoms with E-state index in [-0.39, 0.29) is 5.91 Å². The highest BCUT2D eigenvalue weighted by molar-refractivity contribution is 7.98. The predicted molar refractivity (Wildman–Crippen MR) is 129 cm³/mol. The molecule has 4 aromatic rings. The van der Waals surface area contributed by atoms with Gasteiger partial charge in [-0.25, -0.2) is 4.98 Å². The van der Waals surface area contributed by atoms with Crippen LogP contribution in [0.3, 0.4) is 0 Å². The number of amides is 1. The molecular formula is C25H26N4O2S. The van der Waals surface area contributed by atoms with E-state index in [9.17, 15) is 4.79 Å². The maximum absolute atomic E-state index is 13.4. The van der Waals surface area contributed by atoms with E-state index in [1.807, 2.05) is 54.0 Å². The summed E-state index contributed by atoms with van der Waals surface area (Å²) in [6.45, 7) is 4.11. The highest BCUT2D eigenvalue weighted by Crippen LogP contribution is 2.33. The standard InChI is InChI=1S/C25H26N4O2S/c1-4-21(24(30)27-20-11-7-8-12-23(20)31-3)29-22-15-26-14-13-19(22)28-25(29)32-16-18-10-6-5-9-17(18)2/h5-15,21H,4,16H2,1-3H3,(H,27,30). The normalized spacial score (nSPS) is 12.0. The van der Waals surface area contributed by atoms with Crippen LogP contribution in [-0.2, 0) is 10.5 Å². The average molecular weight is 447 g/mol. The number of aryl methyl sites for hydroxylation is 1. The van der Waals surface area contributed by atoms with Gasteiger partial charge < -0.3 is 14.6 Å². The molecule has 6 nitrogen and oxygen atoms in total. The molecule has 2 heterocycles. The van der Waals surface area contributed by atoms with Crippen LogP contribution in [-0.4, -0.2) is 27.6 Å². The summed E-state index contributed by atoms with van der Waals surface area (Å²) in [6, 6.07) is 17.2. The monoisotopic (exact) mass is 446 g/mol. The number of benzene rings is 2. The van der Waals surface area contributed by atoms with Gasteiger partial charge in [0, 0.05) is 11.9 Å². The Kier molecular flexibility index (Phi) is 6.75. The number of para-hydroxylation sites is 2. The van der Waals surface area contributed by atoms with Gasteiger partial charge in [-0.15, -0.1) is 0 Å². The minimum Gasteiger partial charge on any atom is -0.495 e. The van der Waals surface area contributed by atoms with Gasteiger partial charge >= 0.3 is 0 Å². The van der Waals surface area contributed by atoms with Crippen LogP contribution in [0.4, 0.5) is 5.69 Å². The number of carbonyl (C=O) groups is 1. The summed E-state index contributed by atoms with van der Waals surface area (Å²) < 4.78 is 7.40. The van der Waals surface area contributed by atoms with Crippen LogP contribution >= 0.6 is 11.8 Å². The zero-order chi connectivity index (χ0) is 22.5. The fourth-order valence-electron chi connectivity index (χ4n) is 3.69. The number of hydrogen-bond donors (Lipinski definition) is 1. The van der Waals surface area contributed by atoms with Gasteiger partial charge in [0.05, 0.1) is 30.0 Å². The molecule has 2 aromatic carbocycles. The van der Waals surface area contributed by atoms with Crippen molar-refractivity contribution < 1.29 is 9.53 Å². The number of pyridine rings is 1. The van der Waals surface area contributed by atoms with Crippen molar-refractivity contribution >= 4 is 34.4 Å². The van der Waals surface area contributed by atoms with E-state index < -0.39 is 6.04 Å². The van der Waals surface area contributed by atoms with E-state index in [0.717, 1.165) is 21.9 Å². The van der Waals surface area contributed by atoms with Crippen LogP contribution in [0.15, 0.2) is 72.1 Å². The third-order valence-corrected chi connectivity index (χ3v) is 6.44. The minimum atomic E-state index is -0.437. The number of imidazole rings is 1. The van der Waals surface area contributed by atoms with E-state index in [1.165, 1.54) is 11.1 Å². The van der Waals surface area contributed by atoms with Gasteiger partial charge in [0.25, 0.3) is 0 Å². The van der Waals surface area contributed by atoms with Crippen LogP contribution in [0.25, 0.3) is 11.0 Å². The van der Waals surface area contributed by atoms with Crippen molar-refractivity contribution in [2.75, 3.05) is 12.4 Å². The Hall–Kier alpha value is -3.32. The molecule has 1 N–H and O–H groups in total. The molecule has 0 saturated heterocycles. The summed E-state index contributed by atoms with van der Waals surface area (Å²) in [4.78, 5) is 22.5. The zero-order valence-electron chi connectivity index (χ0n) is 18.4. The Bertz CT molecular complexity index is 1240. The average Bonchev–Trinajstić information content (AvgIpc) is 3.18. The minimum absolute atomic E-state index is 0.113. The number of carbonyl (C=O) groups excluding carboxylic acids is 1. The number of nitrogens with zero attached hydrogens (tertiary/aromatic N) is 3. The molecule has 1 unspecified atom stereocenters. The van der Waals surface area contributed by atoms with Crippen LogP contribution in [0.2, 0.25) is 0 Å². The summed E-state index contributed by atoms with van der Waals surface area (Å²) in [5, 5.41) is 3.84. The van der Waals surface area contributed by atoms with E-state index >= 15 is 0 Å². The second kappa shape index (κ2) is 9.87. The molecule has 164 valence electrons. The van der Waals surface area contributed by atoms with Crippen molar-refractivity contribution in [3.8, 4) is 5.75 Å². The Balaban J connectivity index is 1.68. The first-order chi connectivity index (χ1) is 15.6. The molecule has 0 aliphatic rings. The molecule has 1 atom stereocenters. The van der Waals surface area contributed by atoms with Crippen molar-refractivity contribution in [1.82, 2.24) is 14.5 Å². The Morgan fingerprint density at radius 2 is 1.94 bits per heavy atom. The summed E-state index contributed by atoms with van der Waals surface area (Å²) >= 11 is 1.63. The van der Waals surface area contributed by atoms with E-state index in [0.29, 0.717) is 17.9 Å². The molecule has 32 heavy (non-hydrogen) atoms. The van der Waals surface area contributed by atoms with Crippen molar-refractivity contribution in [1.29, 1.82) is 0 Å². The van der Waals surface area contributed by atoms with E-state index in [1.54, 1.807) is 31.3 Å². The Morgan fingerprint density at radius 1 is 1.16 bits per heavy atom. The molecule has 1 amide bonds. The van der Waals surface area contributed by atoms with Gasteiger partial charge in [0.2, 0.25) is 5.91 Å². The fourth-order valence-corrected chi connectivity index (χ4v) is 4.82. The number of fused-ring (bicyclic) bond motifs is 1. The van der Waals surface area contributed by atoms with E-state index in [4.69, 9.17) is 9.72 Å². The smallest absolute Gasteiger partial charge is 0.247 e. The van der Waals surface area contributed by atoms with Gasteiger partial charge in [-0.2, -0.15) is 0 Å². The number of aromatic nitrogens is 3. The molecule has 4 rings (SSSR count). The van der Waals surface area contributed by atoms with Crippen LogP contribution in [0.1, 0.15) is 30.5 Å². The summed E-state index contributed by atoms with van der Waals surface area (Å²) in [7, 11) is 1.59. The highest BCUT2D eigenvalue weighted by atomic mass is 32.2. The number of rotatable bonds is 8. The number of methoxy groups -OCH3 is 1. The first-order valence-electron chi connectivity index (χ1n) is 10.6. The first kappa shape index (κ1) is 21.9. The largest absolute Gasteiger partial charge is 0.495 e. The lowest BCUT2D eigenvalue weighted by Gasteiger charge is -2.20. The Morgan fingerprint density at radius 3 is 2.72 bits per heavy atom. The third kappa shape index (κ3) is 4.48. The SMILES string of the molecule is CCC(C(=O)Nc1ccccc1OC)n1c(SCc2ccccc2C)nc2ccncc21. The van der Waals surface area contributed by atoms with Gasteiger partial charge in [0.1, 0.15) is 11.8 Å². The number of nitrogens with one attached hydrogen (secondary N) is 1. The number of ether oxygens (including phenoxy) is 1. The van der Waals surface area contributed by atoms with E-state index in [2.05, 4.69) is 29.4 Å². The van der Waals surface area contributed by atoms with Crippen LogP contribution < -0.4 is 10.1 Å². The van der Waals surface area contributed by atoms with Gasteiger partial charge in [0.15, 0.2) is 5.16 Å². The van der Waals surface area contributed by atoms with Crippen molar-refractivity contribution in [2.45, 2.75) is 37.2 Å². The third-order valence-electron chi connectivity index (χ3n) is 5.44. The van der Waals surface area contributed by atoms with Crippen molar-refractivity contribution in [3.05, 3.63) is 78.1 Å². The molecule has 0 radical (unpaired) electrons. The molecule has 0 saturated carbocycles. The quantitative estimate of drug-likeness (QED) is 0.355. The van der Waals surface area contributed by atoms with Gasteiger partial charge in [-0.3, -0.25) is 9.78 Å². The lowest BCUT2D eigenvalue weighted by molar-refractivity contribution is -0.119.